The second-order valence-electron chi connectivity index (χ2n) is 7.59. The van der Waals surface area contributed by atoms with E-state index in [4.69, 9.17) is 4.74 Å². The average Bonchev–Trinajstić information content (AvgIpc) is 3.47. The van der Waals surface area contributed by atoms with Crippen LogP contribution >= 0.6 is 11.3 Å². The van der Waals surface area contributed by atoms with Crippen LogP contribution in [0.5, 0.6) is 5.75 Å². The van der Waals surface area contributed by atoms with Gasteiger partial charge in [0.05, 0.1) is 24.4 Å². The lowest BCUT2D eigenvalue weighted by Gasteiger charge is -2.31. The Kier molecular flexibility index (Phi) is 6.31. The van der Waals surface area contributed by atoms with Gasteiger partial charge in [0, 0.05) is 38.3 Å². The van der Waals surface area contributed by atoms with Gasteiger partial charge in [-0.1, -0.05) is 12.1 Å². The molecule has 1 aliphatic heterocycles. The summed E-state index contributed by atoms with van der Waals surface area (Å²) in [5, 5.41) is 9.57. The minimum atomic E-state index is -0.113. The van der Waals surface area contributed by atoms with E-state index in [2.05, 4.69) is 15.4 Å². The normalized spacial score (nSPS) is 14.5. The summed E-state index contributed by atoms with van der Waals surface area (Å²) in [6, 6.07) is 7.66. The number of nitrogens with one attached hydrogen (secondary N) is 1. The van der Waals surface area contributed by atoms with Gasteiger partial charge < -0.3 is 15.0 Å². The lowest BCUT2D eigenvalue weighted by molar-refractivity contribution is 0.0679. The highest BCUT2D eigenvalue weighted by Gasteiger charge is 2.26. The van der Waals surface area contributed by atoms with Gasteiger partial charge in [-0.15, -0.1) is 11.3 Å². The number of nitrogens with zero attached hydrogens (tertiary/aromatic N) is 4. The fourth-order valence-electron chi connectivity index (χ4n) is 3.70. The smallest absolute Gasteiger partial charge is 0.273 e. The number of ether oxygens (including phenoxy) is 1. The van der Waals surface area contributed by atoms with Crippen LogP contribution in [-0.2, 0) is 7.05 Å². The van der Waals surface area contributed by atoms with Crippen molar-refractivity contribution in [3.63, 3.8) is 0 Å². The molecule has 1 aliphatic rings. The van der Waals surface area contributed by atoms with Gasteiger partial charge in [-0.3, -0.25) is 14.3 Å². The molecule has 2 amide bonds. The number of aromatic nitrogens is 3. The minimum absolute atomic E-state index is 0.0461. The standard InChI is InChI=1S/C22H25N5O3S/c1-26-13-16(12-24-26)20(28)23-11-15-7-9-27(10-8-15)22(29)18-14-31-21(25-18)17-5-3-4-6-19(17)30-2/h3-6,12-15H,7-11H2,1-2H3,(H,23,28). The molecule has 0 atom stereocenters. The van der Waals surface area contributed by atoms with Gasteiger partial charge in [-0.25, -0.2) is 4.98 Å². The van der Waals surface area contributed by atoms with E-state index in [0.717, 1.165) is 29.2 Å². The van der Waals surface area contributed by atoms with E-state index in [0.29, 0.717) is 36.8 Å². The fourth-order valence-corrected chi connectivity index (χ4v) is 4.52. The van der Waals surface area contributed by atoms with Crippen molar-refractivity contribution in [1.29, 1.82) is 0 Å². The summed E-state index contributed by atoms with van der Waals surface area (Å²) in [6.07, 6.45) is 4.96. The van der Waals surface area contributed by atoms with E-state index in [-0.39, 0.29) is 11.8 Å². The summed E-state index contributed by atoms with van der Waals surface area (Å²) in [7, 11) is 3.41. The predicted octanol–water partition coefficient (Wildman–Crippen LogP) is 2.83. The third kappa shape index (κ3) is 4.77. The van der Waals surface area contributed by atoms with E-state index in [1.54, 1.807) is 31.2 Å². The highest BCUT2D eigenvalue weighted by molar-refractivity contribution is 7.13. The first-order chi connectivity index (χ1) is 15.0. The average molecular weight is 440 g/mol. The van der Waals surface area contributed by atoms with Crippen LogP contribution < -0.4 is 10.1 Å². The number of carbonyl (C=O) groups is 2. The van der Waals surface area contributed by atoms with Crippen molar-refractivity contribution in [2.24, 2.45) is 13.0 Å². The van der Waals surface area contributed by atoms with Crippen LogP contribution in [0.1, 0.15) is 33.7 Å². The van der Waals surface area contributed by atoms with E-state index >= 15 is 0 Å². The number of aryl methyl sites for hydroxylation is 1. The molecule has 1 saturated heterocycles. The van der Waals surface area contributed by atoms with Gasteiger partial charge in [0.15, 0.2) is 0 Å². The molecule has 1 fully saturated rings. The number of benzene rings is 1. The highest BCUT2D eigenvalue weighted by atomic mass is 32.1. The number of likely N-dealkylation sites (tertiary alicyclic amines) is 1. The molecule has 31 heavy (non-hydrogen) atoms. The Hall–Kier alpha value is -3.20. The number of piperidine rings is 1. The van der Waals surface area contributed by atoms with E-state index < -0.39 is 0 Å². The maximum Gasteiger partial charge on any atom is 0.273 e. The molecule has 0 unspecified atom stereocenters. The first kappa shape index (κ1) is 21.0. The molecule has 0 bridgehead atoms. The zero-order chi connectivity index (χ0) is 21.8. The fraction of sp³-hybridized carbons (Fsp3) is 0.364. The monoisotopic (exact) mass is 439 g/mol. The molecule has 3 aromatic rings. The lowest BCUT2D eigenvalue weighted by atomic mass is 9.96. The van der Waals surface area contributed by atoms with Gasteiger partial charge in [-0.2, -0.15) is 5.10 Å². The van der Waals surface area contributed by atoms with E-state index in [1.807, 2.05) is 34.5 Å². The molecule has 0 radical (unpaired) electrons. The minimum Gasteiger partial charge on any atom is -0.496 e. The van der Waals surface area contributed by atoms with Crippen LogP contribution in [0.25, 0.3) is 10.6 Å². The number of rotatable bonds is 6. The number of methoxy groups -OCH3 is 1. The molecule has 8 nitrogen and oxygen atoms in total. The Morgan fingerprint density at radius 1 is 1.26 bits per heavy atom. The molecule has 0 spiro atoms. The summed E-state index contributed by atoms with van der Waals surface area (Å²) in [4.78, 5) is 31.5. The van der Waals surface area contributed by atoms with Crippen LogP contribution in [-0.4, -0.2) is 58.2 Å². The SMILES string of the molecule is COc1ccccc1-c1nc(C(=O)N2CCC(CNC(=O)c3cnn(C)c3)CC2)cs1. The Morgan fingerprint density at radius 3 is 2.74 bits per heavy atom. The van der Waals surface area contributed by atoms with Gasteiger partial charge in [-0.05, 0) is 30.9 Å². The second kappa shape index (κ2) is 9.30. The van der Waals surface area contributed by atoms with Crippen LogP contribution in [0.2, 0.25) is 0 Å². The Morgan fingerprint density at radius 2 is 2.03 bits per heavy atom. The number of para-hydroxylation sites is 1. The van der Waals surface area contributed by atoms with E-state index in [9.17, 15) is 9.59 Å². The predicted molar refractivity (Wildman–Crippen MR) is 118 cm³/mol. The molecule has 162 valence electrons. The Labute approximate surface area is 184 Å². The molecule has 1 N–H and O–H groups in total. The number of amides is 2. The second-order valence-corrected chi connectivity index (χ2v) is 8.44. The highest BCUT2D eigenvalue weighted by Crippen LogP contribution is 2.32. The van der Waals surface area contributed by atoms with Crippen LogP contribution in [0, 0.1) is 5.92 Å². The summed E-state index contributed by atoms with van der Waals surface area (Å²) in [5.74, 6) is 0.933. The molecule has 0 saturated carbocycles. The van der Waals surface area contributed by atoms with Crippen molar-refractivity contribution in [1.82, 2.24) is 25.0 Å². The maximum atomic E-state index is 12.9. The number of hydrogen-bond donors (Lipinski definition) is 1. The quantitative estimate of drug-likeness (QED) is 0.638. The summed E-state index contributed by atoms with van der Waals surface area (Å²) < 4.78 is 7.01. The lowest BCUT2D eigenvalue weighted by Crippen LogP contribution is -2.41. The molecule has 3 heterocycles. The molecule has 0 aliphatic carbocycles. The van der Waals surface area contributed by atoms with Gasteiger partial charge in [0.25, 0.3) is 11.8 Å². The first-order valence-electron chi connectivity index (χ1n) is 10.2. The maximum absolute atomic E-state index is 12.9. The molecular weight excluding hydrogens is 414 g/mol. The number of thiazole rings is 1. The Bertz CT molecular complexity index is 1070. The van der Waals surface area contributed by atoms with Gasteiger partial charge in [0.1, 0.15) is 16.5 Å². The number of hydrogen-bond acceptors (Lipinski definition) is 6. The van der Waals surface area contributed by atoms with Crippen LogP contribution in [0.15, 0.2) is 42.0 Å². The van der Waals surface area contributed by atoms with Crippen molar-refractivity contribution in [2.75, 3.05) is 26.7 Å². The topological polar surface area (TPSA) is 89.3 Å². The number of carbonyl (C=O) groups excluding carboxylic acids is 2. The van der Waals surface area contributed by atoms with Crippen molar-refractivity contribution in [2.45, 2.75) is 12.8 Å². The zero-order valence-electron chi connectivity index (χ0n) is 17.6. The van der Waals surface area contributed by atoms with E-state index in [1.165, 1.54) is 11.3 Å². The van der Waals surface area contributed by atoms with Crippen molar-refractivity contribution < 1.29 is 14.3 Å². The summed E-state index contributed by atoms with van der Waals surface area (Å²) in [5.41, 5.74) is 1.91. The summed E-state index contributed by atoms with van der Waals surface area (Å²) >= 11 is 1.44. The van der Waals surface area contributed by atoms with Crippen LogP contribution in [0.4, 0.5) is 0 Å². The molecule has 4 rings (SSSR count). The third-order valence-corrected chi connectivity index (χ3v) is 6.36. The molecule has 9 heteroatoms. The largest absolute Gasteiger partial charge is 0.496 e. The van der Waals surface area contributed by atoms with Crippen molar-refractivity contribution in [3.05, 3.63) is 53.3 Å². The van der Waals surface area contributed by atoms with Gasteiger partial charge in [0.2, 0.25) is 0 Å². The third-order valence-electron chi connectivity index (χ3n) is 5.48. The Balaban J connectivity index is 1.30. The van der Waals surface area contributed by atoms with Gasteiger partial charge >= 0.3 is 0 Å². The van der Waals surface area contributed by atoms with Crippen molar-refractivity contribution in [3.8, 4) is 16.3 Å². The first-order valence-corrected chi connectivity index (χ1v) is 11.1. The van der Waals surface area contributed by atoms with Crippen molar-refractivity contribution >= 4 is 23.2 Å². The van der Waals surface area contributed by atoms with Crippen LogP contribution in [0.3, 0.4) is 0 Å². The molecule has 2 aromatic heterocycles. The summed E-state index contributed by atoms with van der Waals surface area (Å²) in [6.45, 7) is 1.92. The molecule has 1 aromatic carbocycles. The zero-order valence-corrected chi connectivity index (χ0v) is 18.4. The molecular formula is C22H25N5O3S.